The number of carboxylic acids is 1. The first-order chi connectivity index (χ1) is 7.75. The summed E-state index contributed by atoms with van der Waals surface area (Å²) in [5, 5.41) is 10.3. The predicted molar refractivity (Wildman–Crippen MR) is 61.4 cm³/mol. The van der Waals surface area contributed by atoms with Crippen LogP contribution in [-0.4, -0.2) is 16.1 Å². The Labute approximate surface area is 93.1 Å². The van der Waals surface area contributed by atoms with Gasteiger partial charge in [0.05, 0.1) is 5.92 Å². The van der Waals surface area contributed by atoms with E-state index in [4.69, 9.17) is 0 Å². The van der Waals surface area contributed by atoms with E-state index >= 15 is 0 Å². The minimum atomic E-state index is -0.714. The number of para-hydroxylation sites is 1. The Hall–Kier alpha value is -1.77. The Morgan fingerprint density at radius 1 is 1.38 bits per heavy atom. The van der Waals surface area contributed by atoms with Crippen molar-refractivity contribution in [1.82, 2.24) is 4.98 Å². The van der Waals surface area contributed by atoms with Gasteiger partial charge in [0.15, 0.2) is 0 Å². The van der Waals surface area contributed by atoms with Crippen LogP contribution >= 0.6 is 0 Å². The van der Waals surface area contributed by atoms with Crippen molar-refractivity contribution in [3.8, 4) is 0 Å². The number of carbonyl (C=O) groups is 1. The lowest BCUT2D eigenvalue weighted by atomic mass is 10.0. The predicted octanol–water partition coefficient (Wildman–Crippen LogP) is 2.75. The van der Waals surface area contributed by atoms with Gasteiger partial charge in [-0.15, -0.1) is 0 Å². The Morgan fingerprint density at radius 3 is 2.75 bits per heavy atom. The molecule has 82 valence electrons. The molecule has 3 nitrogen and oxygen atoms in total. The average Bonchev–Trinajstić information content (AvgIpc) is 2.97. The first-order valence-corrected chi connectivity index (χ1v) is 5.56. The number of H-pyrrole nitrogens is 1. The summed E-state index contributed by atoms with van der Waals surface area (Å²) in [5.41, 5.74) is 1.86. The molecule has 1 unspecified atom stereocenters. The average molecular weight is 215 g/mol. The highest BCUT2D eigenvalue weighted by Crippen LogP contribution is 2.43. The minimum Gasteiger partial charge on any atom is -0.481 e. The Balaban J connectivity index is 2.06. The number of nitrogens with one attached hydrogen (secondary N) is 1. The van der Waals surface area contributed by atoms with Gasteiger partial charge in [-0.1, -0.05) is 18.2 Å². The zero-order valence-electron chi connectivity index (χ0n) is 8.81. The maximum Gasteiger partial charge on any atom is 0.312 e. The van der Waals surface area contributed by atoms with Crippen molar-refractivity contribution in [1.29, 1.82) is 0 Å². The maximum atomic E-state index is 11.2. The van der Waals surface area contributed by atoms with Crippen LogP contribution in [0.5, 0.6) is 0 Å². The fourth-order valence-electron chi connectivity index (χ4n) is 2.28. The summed E-state index contributed by atoms with van der Waals surface area (Å²) >= 11 is 0. The van der Waals surface area contributed by atoms with Crippen LogP contribution < -0.4 is 0 Å². The molecule has 0 radical (unpaired) electrons. The smallest absolute Gasteiger partial charge is 0.312 e. The van der Waals surface area contributed by atoms with Gasteiger partial charge >= 0.3 is 5.97 Å². The first kappa shape index (κ1) is 9.46. The third-order valence-electron chi connectivity index (χ3n) is 3.25. The van der Waals surface area contributed by atoms with Crippen molar-refractivity contribution in [2.45, 2.75) is 18.8 Å². The van der Waals surface area contributed by atoms with Crippen LogP contribution in [-0.2, 0) is 4.79 Å². The molecular weight excluding hydrogens is 202 g/mol. The number of benzene rings is 1. The van der Waals surface area contributed by atoms with Gasteiger partial charge in [-0.2, -0.15) is 0 Å². The molecule has 1 fully saturated rings. The van der Waals surface area contributed by atoms with Crippen molar-refractivity contribution in [3.63, 3.8) is 0 Å². The van der Waals surface area contributed by atoms with E-state index in [1.807, 2.05) is 30.3 Å². The van der Waals surface area contributed by atoms with Crippen molar-refractivity contribution < 1.29 is 9.90 Å². The zero-order chi connectivity index (χ0) is 11.1. The maximum absolute atomic E-state index is 11.2. The SMILES string of the molecule is O=C(O)C(c1cc2ccccc2[nH]1)C1CC1. The molecule has 1 aromatic heterocycles. The fraction of sp³-hybridized carbons (Fsp3) is 0.308. The van der Waals surface area contributed by atoms with E-state index in [0.717, 1.165) is 29.4 Å². The number of fused-ring (bicyclic) bond motifs is 1. The second kappa shape index (κ2) is 3.37. The number of aromatic amines is 1. The number of hydrogen-bond donors (Lipinski definition) is 2. The summed E-state index contributed by atoms with van der Waals surface area (Å²) in [6.45, 7) is 0. The Bertz CT molecular complexity index is 507. The largest absolute Gasteiger partial charge is 0.481 e. The lowest BCUT2D eigenvalue weighted by molar-refractivity contribution is -0.139. The van der Waals surface area contributed by atoms with E-state index in [0.29, 0.717) is 5.92 Å². The van der Waals surface area contributed by atoms with Crippen LogP contribution in [0.2, 0.25) is 0 Å². The first-order valence-electron chi connectivity index (χ1n) is 5.56. The molecule has 2 N–H and O–H groups in total. The highest BCUT2D eigenvalue weighted by Gasteiger charge is 2.38. The number of aromatic nitrogens is 1. The highest BCUT2D eigenvalue weighted by molar-refractivity contribution is 5.84. The lowest BCUT2D eigenvalue weighted by Crippen LogP contribution is -2.13. The number of carboxylic acid groups (broad SMARTS) is 1. The lowest BCUT2D eigenvalue weighted by Gasteiger charge is -2.08. The van der Waals surface area contributed by atoms with Crippen LogP contribution in [0, 0.1) is 5.92 Å². The molecule has 0 saturated heterocycles. The van der Waals surface area contributed by atoms with E-state index in [9.17, 15) is 9.90 Å². The molecular formula is C13H13NO2. The van der Waals surface area contributed by atoms with Gasteiger partial charge in [0.25, 0.3) is 0 Å². The summed E-state index contributed by atoms with van der Waals surface area (Å²) < 4.78 is 0. The summed E-state index contributed by atoms with van der Waals surface area (Å²) in [6, 6.07) is 9.86. The van der Waals surface area contributed by atoms with Crippen molar-refractivity contribution in [3.05, 3.63) is 36.0 Å². The molecule has 2 aromatic rings. The highest BCUT2D eigenvalue weighted by atomic mass is 16.4. The van der Waals surface area contributed by atoms with Gasteiger partial charge in [-0.05, 0) is 36.3 Å². The van der Waals surface area contributed by atoms with Gasteiger partial charge in [0.1, 0.15) is 0 Å². The molecule has 0 amide bonds. The van der Waals surface area contributed by atoms with Gasteiger partial charge in [0.2, 0.25) is 0 Å². The summed E-state index contributed by atoms with van der Waals surface area (Å²) in [4.78, 5) is 14.5. The molecule has 0 bridgehead atoms. The monoisotopic (exact) mass is 215 g/mol. The summed E-state index contributed by atoms with van der Waals surface area (Å²) in [5.74, 6) is -0.744. The van der Waals surface area contributed by atoms with Crippen molar-refractivity contribution in [2.75, 3.05) is 0 Å². The van der Waals surface area contributed by atoms with Crippen LogP contribution in [0.4, 0.5) is 0 Å². The molecule has 1 aromatic carbocycles. The normalized spacial score (nSPS) is 17.5. The van der Waals surface area contributed by atoms with Gasteiger partial charge in [-0.3, -0.25) is 4.79 Å². The van der Waals surface area contributed by atoms with Gasteiger partial charge in [0, 0.05) is 11.2 Å². The molecule has 16 heavy (non-hydrogen) atoms. The van der Waals surface area contributed by atoms with E-state index in [2.05, 4.69) is 4.98 Å². The van der Waals surface area contributed by atoms with Crippen molar-refractivity contribution in [2.24, 2.45) is 5.92 Å². The molecule has 1 heterocycles. The van der Waals surface area contributed by atoms with E-state index < -0.39 is 5.97 Å². The second-order valence-corrected chi connectivity index (χ2v) is 4.47. The van der Waals surface area contributed by atoms with Crippen LogP contribution in [0.15, 0.2) is 30.3 Å². The molecule has 0 spiro atoms. The van der Waals surface area contributed by atoms with Crippen LogP contribution in [0.3, 0.4) is 0 Å². The number of hydrogen-bond acceptors (Lipinski definition) is 1. The standard InChI is InChI=1S/C13H13NO2/c15-13(16)12(8-5-6-8)11-7-9-3-1-2-4-10(9)14-11/h1-4,7-8,12,14H,5-6H2,(H,15,16). The second-order valence-electron chi connectivity index (χ2n) is 4.47. The van der Waals surface area contributed by atoms with Gasteiger partial charge < -0.3 is 10.1 Å². The third-order valence-corrected chi connectivity index (χ3v) is 3.25. The summed E-state index contributed by atoms with van der Waals surface area (Å²) in [6.07, 6.45) is 2.07. The quantitative estimate of drug-likeness (QED) is 0.827. The molecule has 3 heteroatoms. The number of rotatable bonds is 3. The fourth-order valence-corrected chi connectivity index (χ4v) is 2.28. The molecule has 1 aliphatic carbocycles. The molecule has 1 atom stereocenters. The molecule has 1 aliphatic rings. The van der Waals surface area contributed by atoms with E-state index in [-0.39, 0.29) is 5.92 Å². The molecule has 0 aliphatic heterocycles. The zero-order valence-corrected chi connectivity index (χ0v) is 8.81. The Kier molecular flexibility index (Phi) is 1.99. The molecule has 1 saturated carbocycles. The summed E-state index contributed by atoms with van der Waals surface area (Å²) in [7, 11) is 0. The number of aliphatic carboxylic acids is 1. The van der Waals surface area contributed by atoms with Crippen molar-refractivity contribution >= 4 is 16.9 Å². The Morgan fingerprint density at radius 2 is 2.12 bits per heavy atom. The van der Waals surface area contributed by atoms with E-state index in [1.54, 1.807) is 0 Å². The van der Waals surface area contributed by atoms with Crippen LogP contribution in [0.1, 0.15) is 24.5 Å². The minimum absolute atomic E-state index is 0.325. The molecule has 3 rings (SSSR count). The van der Waals surface area contributed by atoms with Gasteiger partial charge in [-0.25, -0.2) is 0 Å². The third kappa shape index (κ3) is 1.48. The topological polar surface area (TPSA) is 53.1 Å². The van der Waals surface area contributed by atoms with Crippen LogP contribution in [0.25, 0.3) is 10.9 Å². The van der Waals surface area contributed by atoms with E-state index in [1.165, 1.54) is 0 Å².